The van der Waals surface area contributed by atoms with Gasteiger partial charge in [0.15, 0.2) is 0 Å². The zero-order valence-electron chi connectivity index (χ0n) is 12.2. The van der Waals surface area contributed by atoms with Crippen LogP contribution in [0.3, 0.4) is 0 Å². The number of nitrogens with zero attached hydrogens (tertiary/aromatic N) is 1. The van der Waals surface area contributed by atoms with Gasteiger partial charge in [0.2, 0.25) is 10.0 Å². The second kappa shape index (κ2) is 5.02. The number of rotatable bonds is 4. The minimum Gasteiger partial charge on any atom is -0.398 e. The van der Waals surface area contributed by atoms with Crippen LogP contribution in [0.15, 0.2) is 17.0 Å². The van der Waals surface area contributed by atoms with E-state index in [0.717, 1.165) is 12.0 Å². The predicted molar refractivity (Wildman–Crippen MR) is 78.9 cm³/mol. The Morgan fingerprint density at radius 3 is 2.50 bits per heavy atom. The molecule has 1 aliphatic rings. The van der Waals surface area contributed by atoms with Gasteiger partial charge >= 0.3 is 0 Å². The second-order valence-corrected chi connectivity index (χ2v) is 7.63. The summed E-state index contributed by atoms with van der Waals surface area (Å²) in [5.41, 5.74) is 6.84. The molecule has 2 rings (SSSR count). The third kappa shape index (κ3) is 2.55. The van der Waals surface area contributed by atoms with Gasteiger partial charge in [0, 0.05) is 18.8 Å². The summed E-state index contributed by atoms with van der Waals surface area (Å²) in [5, 5.41) is 10.1. The van der Waals surface area contributed by atoms with Gasteiger partial charge in [-0.2, -0.15) is 4.31 Å². The highest BCUT2D eigenvalue weighted by molar-refractivity contribution is 7.89. The number of aliphatic hydroxyl groups is 1. The van der Waals surface area contributed by atoms with Crippen molar-refractivity contribution in [2.75, 3.05) is 18.8 Å². The summed E-state index contributed by atoms with van der Waals surface area (Å²) in [7, 11) is -3.57. The van der Waals surface area contributed by atoms with Crippen LogP contribution >= 0.6 is 0 Å². The van der Waals surface area contributed by atoms with Crippen molar-refractivity contribution in [1.29, 1.82) is 0 Å². The fourth-order valence-electron chi connectivity index (χ4n) is 2.66. The Hall–Kier alpha value is -1.11. The molecule has 6 heteroatoms. The zero-order chi connectivity index (χ0) is 15.1. The monoisotopic (exact) mass is 298 g/mol. The summed E-state index contributed by atoms with van der Waals surface area (Å²) in [4.78, 5) is 0.244. The molecule has 20 heavy (non-hydrogen) atoms. The molecule has 0 aromatic heterocycles. The molecule has 0 spiro atoms. The summed E-state index contributed by atoms with van der Waals surface area (Å²) >= 11 is 0. The van der Waals surface area contributed by atoms with Crippen LogP contribution < -0.4 is 5.73 Å². The van der Waals surface area contributed by atoms with Crippen LogP contribution in [0.2, 0.25) is 0 Å². The Balaban J connectivity index is 2.30. The number of β-amino-alcohol motifs (C(OH)–C–C–N with tert-alkyl or cyclic N) is 1. The van der Waals surface area contributed by atoms with Gasteiger partial charge in [-0.3, -0.25) is 0 Å². The highest BCUT2D eigenvalue weighted by Crippen LogP contribution is 2.33. The molecule has 5 nitrogen and oxygen atoms in total. The van der Waals surface area contributed by atoms with Crippen LogP contribution in [0.1, 0.15) is 30.9 Å². The average molecular weight is 298 g/mol. The number of aryl methyl sites for hydroxylation is 1. The normalized spacial score (nSPS) is 18.8. The topological polar surface area (TPSA) is 83.6 Å². The summed E-state index contributed by atoms with van der Waals surface area (Å²) in [6.07, 6.45) is 1.45. The van der Waals surface area contributed by atoms with E-state index in [9.17, 15) is 13.5 Å². The van der Waals surface area contributed by atoms with Crippen molar-refractivity contribution in [2.45, 2.75) is 44.1 Å². The van der Waals surface area contributed by atoms with Crippen molar-refractivity contribution < 1.29 is 13.5 Å². The molecule has 1 saturated heterocycles. The lowest BCUT2D eigenvalue weighted by Crippen LogP contribution is -2.63. The van der Waals surface area contributed by atoms with E-state index in [-0.39, 0.29) is 18.0 Å². The van der Waals surface area contributed by atoms with E-state index in [1.165, 1.54) is 4.31 Å². The molecule has 0 aliphatic carbocycles. The first-order valence-corrected chi connectivity index (χ1v) is 8.23. The van der Waals surface area contributed by atoms with E-state index < -0.39 is 15.6 Å². The number of nitrogens with two attached hydrogens (primary N) is 1. The Labute approximate surface area is 120 Å². The van der Waals surface area contributed by atoms with E-state index >= 15 is 0 Å². The maximum Gasteiger partial charge on any atom is 0.243 e. The lowest BCUT2D eigenvalue weighted by Gasteiger charge is -2.45. The lowest BCUT2D eigenvalue weighted by molar-refractivity contribution is -0.0653. The maximum absolute atomic E-state index is 12.6. The van der Waals surface area contributed by atoms with Gasteiger partial charge in [-0.15, -0.1) is 0 Å². The van der Waals surface area contributed by atoms with Gasteiger partial charge in [0.05, 0.1) is 10.5 Å². The Morgan fingerprint density at radius 2 is 1.95 bits per heavy atom. The van der Waals surface area contributed by atoms with Crippen molar-refractivity contribution in [2.24, 2.45) is 0 Å². The molecule has 1 fully saturated rings. The zero-order valence-corrected chi connectivity index (χ0v) is 13.0. The molecular weight excluding hydrogens is 276 g/mol. The van der Waals surface area contributed by atoms with E-state index in [0.29, 0.717) is 17.7 Å². The van der Waals surface area contributed by atoms with Crippen molar-refractivity contribution >= 4 is 15.7 Å². The summed E-state index contributed by atoms with van der Waals surface area (Å²) in [6.45, 7) is 5.82. The molecule has 0 radical (unpaired) electrons. The van der Waals surface area contributed by atoms with Gasteiger partial charge < -0.3 is 10.8 Å². The molecule has 1 aliphatic heterocycles. The van der Waals surface area contributed by atoms with Crippen LogP contribution in [0, 0.1) is 13.8 Å². The predicted octanol–water partition coefficient (Wildman–Crippen LogP) is 1.42. The fourth-order valence-corrected chi connectivity index (χ4v) is 4.60. The third-order valence-corrected chi connectivity index (χ3v) is 5.74. The van der Waals surface area contributed by atoms with Crippen LogP contribution in [0.4, 0.5) is 5.69 Å². The van der Waals surface area contributed by atoms with Gasteiger partial charge in [-0.25, -0.2) is 8.42 Å². The molecule has 0 unspecified atom stereocenters. The Bertz CT molecular complexity index is 620. The standard InChI is InChI=1S/C14H22N2O3S/c1-4-5-14(17)8-16(9-14)20(18,19)13-7-10(2)6-12(15)11(13)3/h6-7,17H,4-5,8-9,15H2,1-3H3. The summed E-state index contributed by atoms with van der Waals surface area (Å²) in [6, 6.07) is 3.40. The van der Waals surface area contributed by atoms with Crippen LogP contribution in [-0.4, -0.2) is 36.5 Å². The second-order valence-electron chi connectivity index (χ2n) is 5.72. The SMILES string of the molecule is CCCC1(O)CN(S(=O)(=O)c2cc(C)cc(N)c2C)C1. The van der Waals surface area contributed by atoms with Crippen molar-refractivity contribution in [3.63, 3.8) is 0 Å². The van der Waals surface area contributed by atoms with E-state index in [1.807, 2.05) is 13.8 Å². The van der Waals surface area contributed by atoms with Gasteiger partial charge in [-0.05, 0) is 43.5 Å². The molecule has 0 bridgehead atoms. The molecule has 0 saturated carbocycles. The highest BCUT2D eigenvalue weighted by atomic mass is 32.2. The maximum atomic E-state index is 12.6. The molecule has 1 heterocycles. The molecule has 0 atom stereocenters. The van der Waals surface area contributed by atoms with E-state index in [2.05, 4.69) is 0 Å². The van der Waals surface area contributed by atoms with Gasteiger partial charge in [0.25, 0.3) is 0 Å². The Kier molecular flexibility index (Phi) is 3.83. The van der Waals surface area contributed by atoms with Crippen molar-refractivity contribution in [3.05, 3.63) is 23.3 Å². The number of hydrogen-bond donors (Lipinski definition) is 2. The lowest BCUT2D eigenvalue weighted by atomic mass is 9.92. The van der Waals surface area contributed by atoms with Gasteiger partial charge in [0.1, 0.15) is 0 Å². The quantitative estimate of drug-likeness (QED) is 0.824. The fraction of sp³-hybridized carbons (Fsp3) is 0.571. The molecule has 112 valence electrons. The first-order valence-electron chi connectivity index (χ1n) is 6.79. The number of anilines is 1. The summed E-state index contributed by atoms with van der Waals surface area (Å²) < 4.78 is 26.5. The average Bonchev–Trinajstić information content (AvgIpc) is 2.30. The molecular formula is C14H22N2O3S. The number of hydrogen-bond acceptors (Lipinski definition) is 4. The largest absolute Gasteiger partial charge is 0.398 e. The Morgan fingerprint density at radius 1 is 1.35 bits per heavy atom. The third-order valence-electron chi connectivity index (χ3n) is 3.82. The number of benzene rings is 1. The number of sulfonamides is 1. The minimum atomic E-state index is -3.57. The van der Waals surface area contributed by atoms with Crippen molar-refractivity contribution in [1.82, 2.24) is 4.31 Å². The molecule has 1 aromatic rings. The van der Waals surface area contributed by atoms with E-state index in [1.54, 1.807) is 19.1 Å². The van der Waals surface area contributed by atoms with Crippen molar-refractivity contribution in [3.8, 4) is 0 Å². The summed E-state index contributed by atoms with van der Waals surface area (Å²) in [5.74, 6) is 0. The van der Waals surface area contributed by atoms with Gasteiger partial charge in [-0.1, -0.05) is 13.3 Å². The van der Waals surface area contributed by atoms with Crippen LogP contribution in [0.25, 0.3) is 0 Å². The highest BCUT2D eigenvalue weighted by Gasteiger charge is 2.46. The minimum absolute atomic E-state index is 0.163. The first kappa shape index (κ1) is 15.3. The molecule has 3 N–H and O–H groups in total. The van der Waals surface area contributed by atoms with Crippen LogP contribution in [0.5, 0.6) is 0 Å². The molecule has 0 amide bonds. The number of nitrogen functional groups attached to an aromatic ring is 1. The smallest absolute Gasteiger partial charge is 0.243 e. The molecule has 1 aromatic carbocycles. The first-order chi connectivity index (χ1) is 9.19. The van der Waals surface area contributed by atoms with Crippen LogP contribution in [-0.2, 0) is 10.0 Å². The van der Waals surface area contributed by atoms with E-state index in [4.69, 9.17) is 5.73 Å².